The fraction of sp³-hybridized carbons (Fsp3) is 0.533. The van der Waals surface area contributed by atoms with E-state index in [1.807, 2.05) is 13.8 Å². The van der Waals surface area contributed by atoms with Gasteiger partial charge < -0.3 is 15.5 Å². The minimum absolute atomic E-state index is 0.140. The normalized spacial score (nSPS) is 14.2. The summed E-state index contributed by atoms with van der Waals surface area (Å²) in [4.78, 5) is 12.0. The van der Waals surface area contributed by atoms with Crippen molar-refractivity contribution in [3.05, 3.63) is 29.3 Å². The lowest BCUT2D eigenvalue weighted by Crippen LogP contribution is -2.41. The molecule has 1 aromatic rings. The lowest BCUT2D eigenvalue weighted by atomic mass is 9.94. The number of amides is 1. The molecule has 4 heteroatoms. The summed E-state index contributed by atoms with van der Waals surface area (Å²) in [5.74, 6) is 0.268. The Balaban J connectivity index is 2.65. The van der Waals surface area contributed by atoms with Crippen molar-refractivity contribution in [3.8, 4) is 5.75 Å². The van der Waals surface area contributed by atoms with Crippen LogP contribution < -0.4 is 5.32 Å². The Morgan fingerprint density at radius 2 is 2.05 bits per heavy atom. The van der Waals surface area contributed by atoms with Gasteiger partial charge in [0.05, 0.1) is 5.60 Å². The third-order valence-electron chi connectivity index (χ3n) is 2.93. The summed E-state index contributed by atoms with van der Waals surface area (Å²) < 4.78 is 0. The maximum Gasteiger partial charge on any atom is 0.251 e. The van der Waals surface area contributed by atoms with Gasteiger partial charge >= 0.3 is 0 Å². The first-order valence-corrected chi connectivity index (χ1v) is 6.51. The number of hydrogen-bond donors (Lipinski definition) is 3. The molecule has 1 unspecified atom stereocenters. The molecule has 0 heterocycles. The van der Waals surface area contributed by atoms with Crippen molar-refractivity contribution in [2.75, 3.05) is 6.54 Å². The summed E-state index contributed by atoms with van der Waals surface area (Å²) in [7, 11) is 0. The molecule has 0 fully saturated rings. The largest absolute Gasteiger partial charge is 0.508 e. The van der Waals surface area contributed by atoms with Gasteiger partial charge in [-0.25, -0.2) is 0 Å². The van der Waals surface area contributed by atoms with E-state index in [0.29, 0.717) is 23.5 Å². The maximum absolute atomic E-state index is 12.0. The minimum Gasteiger partial charge on any atom is -0.508 e. The predicted molar refractivity (Wildman–Crippen MR) is 75.3 cm³/mol. The Kier molecular flexibility index (Phi) is 4.95. The van der Waals surface area contributed by atoms with Crippen molar-refractivity contribution in [1.82, 2.24) is 5.32 Å². The third kappa shape index (κ3) is 4.91. The van der Waals surface area contributed by atoms with Crippen LogP contribution >= 0.6 is 0 Å². The first-order valence-electron chi connectivity index (χ1n) is 6.51. The Morgan fingerprint density at radius 1 is 1.42 bits per heavy atom. The van der Waals surface area contributed by atoms with Crippen LogP contribution in [0, 0.1) is 12.8 Å². The minimum atomic E-state index is -0.908. The molecular formula is C15H23NO3. The molecule has 3 N–H and O–H groups in total. The summed E-state index contributed by atoms with van der Waals surface area (Å²) in [6, 6.07) is 4.60. The van der Waals surface area contributed by atoms with E-state index >= 15 is 0 Å². The molecule has 1 rings (SSSR count). The van der Waals surface area contributed by atoms with Crippen molar-refractivity contribution in [3.63, 3.8) is 0 Å². The zero-order valence-corrected chi connectivity index (χ0v) is 12.0. The van der Waals surface area contributed by atoms with E-state index in [1.165, 1.54) is 6.07 Å². The number of aliphatic hydroxyl groups is 1. The van der Waals surface area contributed by atoms with Crippen molar-refractivity contribution in [1.29, 1.82) is 0 Å². The quantitative estimate of drug-likeness (QED) is 0.764. The van der Waals surface area contributed by atoms with Crippen molar-refractivity contribution >= 4 is 5.91 Å². The monoisotopic (exact) mass is 265 g/mol. The molecule has 0 radical (unpaired) electrons. The van der Waals surface area contributed by atoms with E-state index in [2.05, 4.69) is 5.32 Å². The maximum atomic E-state index is 12.0. The van der Waals surface area contributed by atoms with Gasteiger partial charge in [-0.15, -0.1) is 0 Å². The van der Waals surface area contributed by atoms with E-state index in [-0.39, 0.29) is 18.2 Å². The number of benzene rings is 1. The van der Waals surface area contributed by atoms with Crippen LogP contribution in [0.5, 0.6) is 5.75 Å². The number of aryl methyl sites for hydroxylation is 1. The highest BCUT2D eigenvalue weighted by molar-refractivity contribution is 5.95. The standard InChI is InChI=1S/C15H23NO3/c1-10(2)8-15(4,19)9-16-14(18)13-6-5-12(17)7-11(13)3/h5-7,10,17,19H,8-9H2,1-4H3,(H,16,18). The van der Waals surface area contributed by atoms with Gasteiger partial charge in [-0.3, -0.25) is 4.79 Å². The molecule has 0 bridgehead atoms. The van der Waals surface area contributed by atoms with Gasteiger partial charge in [-0.05, 0) is 49.9 Å². The first-order chi connectivity index (χ1) is 8.71. The van der Waals surface area contributed by atoms with Gasteiger partial charge in [0, 0.05) is 12.1 Å². The second-order valence-electron chi connectivity index (χ2n) is 5.78. The van der Waals surface area contributed by atoms with E-state index < -0.39 is 5.60 Å². The van der Waals surface area contributed by atoms with Crippen LogP contribution in [0.3, 0.4) is 0 Å². The van der Waals surface area contributed by atoms with E-state index in [0.717, 1.165) is 0 Å². The second-order valence-corrected chi connectivity index (χ2v) is 5.78. The van der Waals surface area contributed by atoms with Crippen LogP contribution in [0.2, 0.25) is 0 Å². The zero-order chi connectivity index (χ0) is 14.6. The Labute approximate surface area is 114 Å². The highest BCUT2D eigenvalue weighted by Crippen LogP contribution is 2.17. The van der Waals surface area contributed by atoms with Crippen LogP contribution in [0.1, 0.15) is 43.1 Å². The average molecular weight is 265 g/mol. The van der Waals surface area contributed by atoms with Crippen LogP contribution in [-0.4, -0.2) is 28.3 Å². The van der Waals surface area contributed by atoms with E-state index in [4.69, 9.17) is 0 Å². The second kappa shape index (κ2) is 6.06. The molecule has 0 spiro atoms. The van der Waals surface area contributed by atoms with Crippen molar-refractivity contribution in [2.45, 2.75) is 39.7 Å². The number of rotatable bonds is 5. The number of carbonyl (C=O) groups is 1. The van der Waals surface area contributed by atoms with Crippen LogP contribution in [-0.2, 0) is 0 Å². The number of aromatic hydroxyl groups is 1. The highest BCUT2D eigenvalue weighted by Gasteiger charge is 2.23. The summed E-state index contributed by atoms with van der Waals surface area (Å²) in [5.41, 5.74) is 0.313. The fourth-order valence-electron chi connectivity index (χ4n) is 2.22. The summed E-state index contributed by atoms with van der Waals surface area (Å²) in [6.45, 7) is 7.75. The fourth-order valence-corrected chi connectivity index (χ4v) is 2.22. The number of phenolic OH excluding ortho intramolecular Hbond substituents is 1. The third-order valence-corrected chi connectivity index (χ3v) is 2.93. The number of nitrogens with one attached hydrogen (secondary N) is 1. The highest BCUT2D eigenvalue weighted by atomic mass is 16.3. The van der Waals surface area contributed by atoms with Gasteiger partial charge in [0.15, 0.2) is 0 Å². The molecule has 19 heavy (non-hydrogen) atoms. The molecule has 1 amide bonds. The molecule has 4 nitrogen and oxygen atoms in total. The molecule has 0 aliphatic carbocycles. The van der Waals surface area contributed by atoms with E-state index in [1.54, 1.807) is 26.0 Å². The summed E-state index contributed by atoms with van der Waals surface area (Å²) >= 11 is 0. The van der Waals surface area contributed by atoms with Gasteiger partial charge in [-0.2, -0.15) is 0 Å². The van der Waals surface area contributed by atoms with Crippen LogP contribution in [0.4, 0.5) is 0 Å². The Bertz CT molecular complexity index is 453. The molecular weight excluding hydrogens is 242 g/mol. The molecule has 0 aliphatic heterocycles. The number of phenols is 1. The SMILES string of the molecule is Cc1cc(O)ccc1C(=O)NCC(C)(O)CC(C)C. The van der Waals surface area contributed by atoms with Crippen molar-refractivity contribution in [2.24, 2.45) is 5.92 Å². The topological polar surface area (TPSA) is 69.6 Å². The molecule has 0 aromatic heterocycles. The van der Waals surface area contributed by atoms with Crippen molar-refractivity contribution < 1.29 is 15.0 Å². The Hall–Kier alpha value is -1.55. The van der Waals surface area contributed by atoms with E-state index in [9.17, 15) is 15.0 Å². The lowest BCUT2D eigenvalue weighted by molar-refractivity contribution is 0.0368. The average Bonchev–Trinajstić information content (AvgIpc) is 2.24. The van der Waals surface area contributed by atoms with Crippen LogP contribution in [0.25, 0.3) is 0 Å². The molecule has 106 valence electrons. The summed E-state index contributed by atoms with van der Waals surface area (Å²) in [6.07, 6.45) is 0.627. The molecule has 1 aromatic carbocycles. The van der Waals surface area contributed by atoms with Gasteiger partial charge in [-0.1, -0.05) is 13.8 Å². The number of carbonyl (C=O) groups excluding carboxylic acids is 1. The zero-order valence-electron chi connectivity index (χ0n) is 12.0. The number of hydrogen-bond acceptors (Lipinski definition) is 3. The molecule has 0 saturated heterocycles. The molecule has 0 aliphatic rings. The summed E-state index contributed by atoms with van der Waals surface area (Å²) in [5, 5.41) is 22.2. The van der Waals surface area contributed by atoms with Crippen LogP contribution in [0.15, 0.2) is 18.2 Å². The predicted octanol–water partition coefficient (Wildman–Crippen LogP) is 2.23. The first kappa shape index (κ1) is 15.5. The molecule has 1 atom stereocenters. The smallest absolute Gasteiger partial charge is 0.251 e. The Morgan fingerprint density at radius 3 is 2.58 bits per heavy atom. The van der Waals surface area contributed by atoms with Gasteiger partial charge in [0.2, 0.25) is 0 Å². The van der Waals surface area contributed by atoms with Gasteiger partial charge in [0.1, 0.15) is 5.75 Å². The molecule has 0 saturated carbocycles. The lowest BCUT2D eigenvalue weighted by Gasteiger charge is -2.25. The van der Waals surface area contributed by atoms with Gasteiger partial charge in [0.25, 0.3) is 5.91 Å².